The topological polar surface area (TPSA) is 92.1 Å². The summed E-state index contributed by atoms with van der Waals surface area (Å²) in [5, 5.41) is 8.94. The number of ether oxygens (including phenoxy) is 3. The van der Waals surface area contributed by atoms with Crippen LogP contribution in [-0.2, 0) is 20.8 Å². The van der Waals surface area contributed by atoms with Crippen LogP contribution in [0.1, 0.15) is 30.4 Å². The fourth-order valence-corrected chi connectivity index (χ4v) is 3.97. The highest BCUT2D eigenvalue weighted by atomic mass is 16.7. The smallest absolute Gasteiger partial charge is 0.443 e. The maximum atomic E-state index is 12.4. The number of rotatable bonds is 6. The second-order valence-corrected chi connectivity index (χ2v) is 7.86. The van der Waals surface area contributed by atoms with Gasteiger partial charge in [-0.05, 0) is 49.1 Å². The van der Waals surface area contributed by atoms with Crippen LogP contribution in [0.25, 0.3) is 0 Å². The van der Waals surface area contributed by atoms with Gasteiger partial charge in [-0.1, -0.05) is 30.3 Å². The van der Waals surface area contributed by atoms with Crippen LogP contribution in [0.15, 0.2) is 54.6 Å². The van der Waals surface area contributed by atoms with E-state index in [4.69, 9.17) is 19.5 Å². The van der Waals surface area contributed by atoms with Gasteiger partial charge in [-0.2, -0.15) is 5.26 Å². The van der Waals surface area contributed by atoms with Gasteiger partial charge in [0.2, 0.25) is 0 Å². The number of likely N-dealkylation sites (tertiary alicyclic amines) is 1. The number of carbonyl (C=O) groups is 2. The Morgan fingerprint density at radius 3 is 2.66 bits per heavy atom. The van der Waals surface area contributed by atoms with Gasteiger partial charge in [-0.25, -0.2) is 9.59 Å². The minimum atomic E-state index is -0.701. The van der Waals surface area contributed by atoms with Gasteiger partial charge in [0.15, 0.2) is 6.23 Å². The quantitative estimate of drug-likeness (QED) is 0.632. The number of nitriles is 1. The molecule has 2 aliphatic rings. The zero-order valence-electron chi connectivity index (χ0n) is 17.7. The lowest BCUT2D eigenvalue weighted by Gasteiger charge is -2.35. The molecule has 0 bridgehead atoms. The Morgan fingerprint density at radius 2 is 1.91 bits per heavy atom. The highest BCUT2D eigenvalue weighted by molar-refractivity contribution is 5.89. The first kappa shape index (κ1) is 21.7. The molecular formula is C24H25N3O5. The van der Waals surface area contributed by atoms with Gasteiger partial charge < -0.3 is 14.2 Å². The fraction of sp³-hybridized carbons (Fsp3) is 0.375. The second kappa shape index (κ2) is 10.2. The van der Waals surface area contributed by atoms with E-state index in [1.54, 1.807) is 29.2 Å². The van der Waals surface area contributed by atoms with Gasteiger partial charge in [-0.15, -0.1) is 0 Å². The molecule has 0 aliphatic carbocycles. The molecule has 0 radical (unpaired) electrons. The molecule has 4 rings (SSSR count). The van der Waals surface area contributed by atoms with E-state index in [9.17, 15) is 9.59 Å². The molecule has 2 fully saturated rings. The van der Waals surface area contributed by atoms with E-state index in [0.29, 0.717) is 30.8 Å². The van der Waals surface area contributed by atoms with Crippen molar-refractivity contribution in [2.24, 2.45) is 0 Å². The van der Waals surface area contributed by atoms with Crippen molar-refractivity contribution < 1.29 is 23.8 Å². The standard InChI is InChI=1S/C24H25N3O5/c25-14-18-9-11-20(12-10-18)27-16-21(31-23(27)28)15-26-13-5-4-8-22(26)32-24(29)30-17-19-6-2-1-3-7-19/h1-3,6-7,9-12,21-22H,4-5,8,13,15-17H2. The van der Waals surface area contributed by atoms with Gasteiger partial charge in [0.25, 0.3) is 0 Å². The zero-order chi connectivity index (χ0) is 22.3. The molecule has 2 heterocycles. The summed E-state index contributed by atoms with van der Waals surface area (Å²) in [6.07, 6.45) is 0.774. The molecule has 0 aromatic heterocycles. The minimum absolute atomic E-state index is 0.159. The largest absolute Gasteiger partial charge is 0.510 e. The highest BCUT2D eigenvalue weighted by Crippen LogP contribution is 2.25. The number of benzene rings is 2. The summed E-state index contributed by atoms with van der Waals surface area (Å²) in [6, 6.07) is 18.3. The first-order chi connectivity index (χ1) is 15.6. The maximum absolute atomic E-state index is 12.4. The van der Waals surface area contributed by atoms with Gasteiger partial charge in [-0.3, -0.25) is 9.80 Å². The molecule has 2 aromatic carbocycles. The number of cyclic esters (lactones) is 1. The Labute approximate surface area is 186 Å². The number of hydrogen-bond donors (Lipinski definition) is 0. The second-order valence-electron chi connectivity index (χ2n) is 7.86. The average Bonchev–Trinajstić information content (AvgIpc) is 3.19. The molecule has 166 valence electrons. The lowest BCUT2D eigenvalue weighted by Crippen LogP contribution is -2.46. The summed E-state index contributed by atoms with van der Waals surface area (Å²) in [5.74, 6) is 0. The monoisotopic (exact) mass is 435 g/mol. The number of carbonyl (C=O) groups excluding carboxylic acids is 2. The van der Waals surface area contributed by atoms with E-state index >= 15 is 0 Å². The van der Waals surface area contributed by atoms with Crippen LogP contribution in [0.2, 0.25) is 0 Å². The Bertz CT molecular complexity index is 973. The van der Waals surface area contributed by atoms with Crippen molar-refractivity contribution in [3.63, 3.8) is 0 Å². The molecule has 32 heavy (non-hydrogen) atoms. The van der Waals surface area contributed by atoms with Crippen LogP contribution in [-0.4, -0.2) is 49.1 Å². The Balaban J connectivity index is 1.31. The van der Waals surface area contributed by atoms with E-state index in [1.165, 1.54) is 0 Å². The van der Waals surface area contributed by atoms with Crippen molar-refractivity contribution >= 4 is 17.9 Å². The van der Waals surface area contributed by atoms with Crippen molar-refractivity contribution in [1.29, 1.82) is 5.26 Å². The summed E-state index contributed by atoms with van der Waals surface area (Å²) in [6.45, 7) is 1.77. The van der Waals surface area contributed by atoms with Crippen LogP contribution in [0.5, 0.6) is 0 Å². The molecule has 0 saturated carbocycles. The van der Waals surface area contributed by atoms with Gasteiger partial charge >= 0.3 is 12.2 Å². The molecular weight excluding hydrogens is 410 g/mol. The number of piperidine rings is 1. The Hall–Kier alpha value is -3.57. The molecule has 2 saturated heterocycles. The highest BCUT2D eigenvalue weighted by Gasteiger charge is 2.36. The molecule has 0 spiro atoms. The summed E-state index contributed by atoms with van der Waals surface area (Å²) in [4.78, 5) is 28.2. The predicted molar refractivity (Wildman–Crippen MR) is 116 cm³/mol. The van der Waals surface area contributed by atoms with Crippen molar-refractivity contribution in [2.75, 3.05) is 24.5 Å². The summed E-state index contributed by atoms with van der Waals surface area (Å²) in [5.41, 5.74) is 2.11. The SMILES string of the molecule is N#Cc1ccc(N2CC(CN3CCCCC3OC(=O)OCc3ccccc3)OC2=O)cc1. The fourth-order valence-electron chi connectivity index (χ4n) is 3.97. The number of anilines is 1. The minimum Gasteiger partial charge on any atom is -0.443 e. The van der Waals surface area contributed by atoms with Gasteiger partial charge in [0.05, 0.1) is 18.2 Å². The first-order valence-electron chi connectivity index (χ1n) is 10.7. The van der Waals surface area contributed by atoms with Gasteiger partial charge in [0, 0.05) is 18.8 Å². The molecule has 8 heteroatoms. The number of amides is 1. The lowest BCUT2D eigenvalue weighted by molar-refractivity contribution is -0.0765. The molecule has 1 amide bonds. The van der Waals surface area contributed by atoms with Crippen molar-refractivity contribution in [3.05, 3.63) is 65.7 Å². The molecule has 0 N–H and O–H groups in total. The van der Waals surface area contributed by atoms with Crippen molar-refractivity contribution in [2.45, 2.75) is 38.2 Å². The van der Waals surface area contributed by atoms with Crippen LogP contribution < -0.4 is 4.90 Å². The molecule has 2 atom stereocenters. The Morgan fingerprint density at radius 1 is 1.12 bits per heavy atom. The normalized spacial score (nSPS) is 21.0. The lowest BCUT2D eigenvalue weighted by atomic mass is 10.1. The third kappa shape index (κ3) is 5.37. The van der Waals surface area contributed by atoms with Crippen LogP contribution >= 0.6 is 0 Å². The van der Waals surface area contributed by atoms with E-state index in [2.05, 4.69) is 6.07 Å². The summed E-state index contributed by atoms with van der Waals surface area (Å²) < 4.78 is 16.4. The van der Waals surface area contributed by atoms with Crippen molar-refractivity contribution in [3.8, 4) is 6.07 Å². The van der Waals surface area contributed by atoms with E-state index in [0.717, 1.165) is 24.9 Å². The maximum Gasteiger partial charge on any atom is 0.510 e. The predicted octanol–water partition coefficient (Wildman–Crippen LogP) is 4.05. The zero-order valence-corrected chi connectivity index (χ0v) is 17.7. The molecule has 2 aliphatic heterocycles. The average molecular weight is 435 g/mol. The molecule has 2 unspecified atom stereocenters. The van der Waals surface area contributed by atoms with E-state index < -0.39 is 18.5 Å². The Kier molecular flexibility index (Phi) is 6.87. The first-order valence-corrected chi connectivity index (χ1v) is 10.7. The number of hydrogen-bond acceptors (Lipinski definition) is 7. The van der Waals surface area contributed by atoms with Crippen molar-refractivity contribution in [1.82, 2.24) is 4.90 Å². The summed E-state index contributed by atoms with van der Waals surface area (Å²) >= 11 is 0. The van der Waals surface area contributed by atoms with Gasteiger partial charge in [0.1, 0.15) is 12.7 Å². The van der Waals surface area contributed by atoms with E-state index in [1.807, 2.05) is 35.2 Å². The number of nitrogens with zero attached hydrogens (tertiary/aromatic N) is 3. The van der Waals surface area contributed by atoms with Crippen LogP contribution in [0.3, 0.4) is 0 Å². The molecule has 8 nitrogen and oxygen atoms in total. The van der Waals surface area contributed by atoms with Crippen LogP contribution in [0, 0.1) is 11.3 Å². The van der Waals surface area contributed by atoms with Crippen LogP contribution in [0.4, 0.5) is 15.3 Å². The van der Waals surface area contributed by atoms with E-state index in [-0.39, 0.29) is 12.7 Å². The third-order valence-corrected chi connectivity index (χ3v) is 5.61. The molecule has 2 aromatic rings. The summed E-state index contributed by atoms with van der Waals surface area (Å²) in [7, 11) is 0. The third-order valence-electron chi connectivity index (χ3n) is 5.61.